The van der Waals surface area contributed by atoms with Gasteiger partial charge >= 0.3 is 0 Å². The van der Waals surface area contributed by atoms with E-state index in [4.69, 9.17) is 9.05 Å². The molecular weight excluding hydrogens is 296 g/mol. The van der Waals surface area contributed by atoms with Crippen molar-refractivity contribution in [2.45, 2.75) is 46.1 Å². The summed E-state index contributed by atoms with van der Waals surface area (Å²) in [6.45, 7) is 4.70. The molecule has 0 atom stereocenters. The predicted molar refractivity (Wildman–Crippen MR) is 80.2 cm³/mol. The molecule has 0 saturated heterocycles. The molecule has 120 valence electrons. The van der Waals surface area contributed by atoms with Gasteiger partial charge in [-0.2, -0.15) is 4.98 Å². The summed E-state index contributed by atoms with van der Waals surface area (Å²) >= 11 is 0. The molecule has 0 bridgehead atoms. The van der Waals surface area contributed by atoms with Gasteiger partial charge in [-0.3, -0.25) is 0 Å². The summed E-state index contributed by atoms with van der Waals surface area (Å²) in [5.74, 6) is 2.14. The second kappa shape index (κ2) is 5.60. The molecule has 0 radical (unpaired) electrons. The lowest BCUT2D eigenvalue weighted by atomic mass is 10.1. The highest BCUT2D eigenvalue weighted by molar-refractivity contribution is 5.55. The van der Waals surface area contributed by atoms with Crippen molar-refractivity contribution in [2.24, 2.45) is 5.92 Å². The highest BCUT2D eigenvalue weighted by Crippen LogP contribution is 2.28. The lowest BCUT2D eigenvalue weighted by Crippen LogP contribution is -2.10. The SMILES string of the molecule is Cc1cc(-c2noc(-c3nnn(CC4CCCC4)c3C)n2)no1. The number of nitrogens with zero attached hydrogens (tertiary/aromatic N) is 6. The van der Waals surface area contributed by atoms with E-state index < -0.39 is 0 Å². The monoisotopic (exact) mass is 314 g/mol. The zero-order valence-corrected chi connectivity index (χ0v) is 13.2. The molecule has 0 unspecified atom stereocenters. The van der Waals surface area contributed by atoms with Crippen molar-refractivity contribution in [3.8, 4) is 23.1 Å². The van der Waals surface area contributed by atoms with Gasteiger partial charge in [0.2, 0.25) is 5.82 Å². The molecule has 8 heteroatoms. The first-order valence-electron chi connectivity index (χ1n) is 7.88. The van der Waals surface area contributed by atoms with E-state index in [1.54, 1.807) is 6.07 Å². The number of hydrogen-bond donors (Lipinski definition) is 0. The summed E-state index contributed by atoms with van der Waals surface area (Å²) < 4.78 is 12.3. The Morgan fingerprint density at radius 2 is 2.00 bits per heavy atom. The van der Waals surface area contributed by atoms with Crippen molar-refractivity contribution in [2.75, 3.05) is 0 Å². The molecule has 8 nitrogen and oxygen atoms in total. The molecule has 1 saturated carbocycles. The van der Waals surface area contributed by atoms with Crippen molar-refractivity contribution in [1.82, 2.24) is 30.3 Å². The summed E-state index contributed by atoms with van der Waals surface area (Å²) in [4.78, 5) is 4.35. The van der Waals surface area contributed by atoms with Crippen LogP contribution in [0.5, 0.6) is 0 Å². The van der Waals surface area contributed by atoms with E-state index in [1.807, 2.05) is 18.5 Å². The number of rotatable bonds is 4. The summed E-state index contributed by atoms with van der Waals surface area (Å²) in [5, 5.41) is 16.3. The minimum absolute atomic E-state index is 0.357. The molecule has 23 heavy (non-hydrogen) atoms. The third-order valence-electron chi connectivity index (χ3n) is 4.37. The van der Waals surface area contributed by atoms with Crippen LogP contribution in [0.3, 0.4) is 0 Å². The Morgan fingerprint density at radius 3 is 2.74 bits per heavy atom. The molecule has 1 aliphatic carbocycles. The molecule has 1 aliphatic rings. The van der Waals surface area contributed by atoms with Crippen LogP contribution < -0.4 is 0 Å². The molecule has 3 aromatic heterocycles. The number of aryl methyl sites for hydroxylation is 1. The first kappa shape index (κ1) is 14.1. The van der Waals surface area contributed by atoms with E-state index in [2.05, 4.69) is 25.6 Å². The first-order valence-corrected chi connectivity index (χ1v) is 7.88. The van der Waals surface area contributed by atoms with Gasteiger partial charge in [0.25, 0.3) is 5.89 Å². The average Bonchev–Trinajstić information content (AvgIpc) is 3.29. The Hall–Kier alpha value is -2.51. The van der Waals surface area contributed by atoms with Gasteiger partial charge in [-0.15, -0.1) is 5.10 Å². The third-order valence-corrected chi connectivity index (χ3v) is 4.37. The minimum Gasteiger partial charge on any atom is -0.361 e. The van der Waals surface area contributed by atoms with Crippen LogP contribution in [-0.4, -0.2) is 30.3 Å². The average molecular weight is 314 g/mol. The predicted octanol–water partition coefficient (Wildman–Crippen LogP) is 2.79. The van der Waals surface area contributed by atoms with Crippen molar-refractivity contribution >= 4 is 0 Å². The topological polar surface area (TPSA) is 95.7 Å². The molecule has 0 spiro atoms. The van der Waals surface area contributed by atoms with Gasteiger partial charge in [0.15, 0.2) is 11.4 Å². The molecule has 0 N–H and O–H groups in total. The summed E-state index contributed by atoms with van der Waals surface area (Å²) in [5.41, 5.74) is 2.12. The van der Waals surface area contributed by atoms with Crippen LogP contribution in [0, 0.1) is 19.8 Å². The molecular formula is C15H18N6O2. The summed E-state index contributed by atoms with van der Waals surface area (Å²) in [6, 6.07) is 1.76. The number of hydrogen-bond acceptors (Lipinski definition) is 7. The van der Waals surface area contributed by atoms with Gasteiger partial charge < -0.3 is 9.05 Å². The fourth-order valence-corrected chi connectivity index (χ4v) is 3.06. The van der Waals surface area contributed by atoms with Crippen LogP contribution in [0.1, 0.15) is 37.1 Å². The smallest absolute Gasteiger partial charge is 0.280 e. The van der Waals surface area contributed by atoms with Crippen molar-refractivity contribution in [1.29, 1.82) is 0 Å². The molecule has 0 amide bonds. The van der Waals surface area contributed by atoms with E-state index in [-0.39, 0.29) is 0 Å². The second-order valence-electron chi connectivity index (χ2n) is 6.10. The van der Waals surface area contributed by atoms with Gasteiger partial charge in [0, 0.05) is 12.6 Å². The third kappa shape index (κ3) is 2.64. The molecule has 3 aromatic rings. The molecule has 1 fully saturated rings. The highest BCUT2D eigenvalue weighted by atomic mass is 16.5. The molecule has 3 heterocycles. The van der Waals surface area contributed by atoms with Crippen molar-refractivity contribution in [3.63, 3.8) is 0 Å². The Kier molecular flexibility index (Phi) is 3.44. The normalized spacial score (nSPS) is 15.6. The van der Waals surface area contributed by atoms with E-state index in [1.165, 1.54) is 25.7 Å². The van der Waals surface area contributed by atoms with Crippen molar-refractivity contribution in [3.05, 3.63) is 17.5 Å². The highest BCUT2D eigenvalue weighted by Gasteiger charge is 2.22. The van der Waals surface area contributed by atoms with E-state index >= 15 is 0 Å². The standard InChI is InChI=1S/C15H18N6O2/c1-9-7-12(18-22-9)14-16-15(23-19-14)13-10(2)21(20-17-13)8-11-5-3-4-6-11/h7,11H,3-6,8H2,1-2H3. The lowest BCUT2D eigenvalue weighted by molar-refractivity contribution is 0.397. The van der Waals surface area contributed by atoms with Gasteiger partial charge in [-0.1, -0.05) is 28.4 Å². The zero-order chi connectivity index (χ0) is 15.8. The maximum Gasteiger partial charge on any atom is 0.280 e. The van der Waals surface area contributed by atoms with E-state index in [9.17, 15) is 0 Å². The van der Waals surface area contributed by atoms with Gasteiger partial charge in [0.1, 0.15) is 5.76 Å². The van der Waals surface area contributed by atoms with Crippen LogP contribution in [0.15, 0.2) is 15.1 Å². The largest absolute Gasteiger partial charge is 0.361 e. The fourth-order valence-electron chi connectivity index (χ4n) is 3.06. The first-order chi connectivity index (χ1) is 11.2. The molecule has 0 aliphatic heterocycles. The minimum atomic E-state index is 0.357. The maximum atomic E-state index is 5.32. The molecule has 4 rings (SSSR count). The maximum absolute atomic E-state index is 5.32. The van der Waals surface area contributed by atoms with Crippen LogP contribution >= 0.6 is 0 Å². The summed E-state index contributed by atoms with van der Waals surface area (Å²) in [6.07, 6.45) is 5.17. The van der Waals surface area contributed by atoms with Gasteiger partial charge in [0.05, 0.1) is 5.69 Å². The fraction of sp³-hybridized carbons (Fsp3) is 0.533. The Balaban J connectivity index is 1.58. The van der Waals surface area contributed by atoms with Gasteiger partial charge in [-0.25, -0.2) is 4.68 Å². The van der Waals surface area contributed by atoms with Crippen molar-refractivity contribution < 1.29 is 9.05 Å². The Labute approximate surface area is 132 Å². The van der Waals surface area contributed by atoms with Crippen LogP contribution in [-0.2, 0) is 6.54 Å². The van der Waals surface area contributed by atoms with Crippen LogP contribution in [0.4, 0.5) is 0 Å². The van der Waals surface area contributed by atoms with Gasteiger partial charge in [-0.05, 0) is 32.6 Å². The Bertz CT molecular complexity index is 812. The van der Waals surface area contributed by atoms with E-state index in [0.717, 1.165) is 12.2 Å². The van der Waals surface area contributed by atoms with Crippen LogP contribution in [0.25, 0.3) is 23.1 Å². The molecule has 0 aromatic carbocycles. The summed E-state index contributed by atoms with van der Waals surface area (Å²) in [7, 11) is 0. The second-order valence-corrected chi connectivity index (χ2v) is 6.10. The van der Waals surface area contributed by atoms with E-state index in [0.29, 0.717) is 34.8 Å². The number of aromatic nitrogens is 6. The lowest BCUT2D eigenvalue weighted by Gasteiger charge is -2.09. The quantitative estimate of drug-likeness (QED) is 0.730. The zero-order valence-electron chi connectivity index (χ0n) is 13.2. The van der Waals surface area contributed by atoms with Crippen LogP contribution in [0.2, 0.25) is 0 Å². The Morgan fingerprint density at radius 1 is 1.17 bits per heavy atom.